The first kappa shape index (κ1) is 26.2. The van der Waals surface area contributed by atoms with Crippen LogP contribution in [0.15, 0.2) is 77.7 Å². The molecule has 2 aliphatic rings. The first-order valence-corrected chi connectivity index (χ1v) is 14.3. The molecule has 1 atom stereocenters. The van der Waals surface area contributed by atoms with Crippen molar-refractivity contribution >= 4 is 21.9 Å². The standard InChI is InChI=1S/C28H27FN6O4S/c1-39-13-12-33-18-24(17-31-33)40(37,38)34-11-9-21-14-26-20(16-32-35(26)23-7-5-22(29)6-8-23)15-28(21,19-34)27(36)25-4-2-3-10-30-25/h2-8,10,14,16-18H,9,11-13,15,19H2,1H3. The van der Waals surface area contributed by atoms with Gasteiger partial charge in [-0.15, -0.1) is 0 Å². The van der Waals surface area contributed by atoms with Crippen molar-refractivity contribution < 1.29 is 22.3 Å². The Balaban J connectivity index is 1.40. The van der Waals surface area contributed by atoms with Gasteiger partial charge in [-0.05, 0) is 60.9 Å². The zero-order chi connectivity index (χ0) is 27.9. The Bertz CT molecular complexity index is 1700. The molecular formula is C28H27FN6O4S. The number of halogens is 1. The summed E-state index contributed by atoms with van der Waals surface area (Å²) in [5, 5.41) is 8.70. The number of pyridine rings is 1. The summed E-state index contributed by atoms with van der Waals surface area (Å²) < 4.78 is 50.8. The second-order valence-electron chi connectivity index (χ2n) is 9.94. The van der Waals surface area contributed by atoms with Gasteiger partial charge in [0.15, 0.2) is 5.78 Å². The number of sulfonamides is 1. The number of piperidine rings is 1. The second-order valence-corrected chi connectivity index (χ2v) is 11.9. The van der Waals surface area contributed by atoms with Gasteiger partial charge in [-0.3, -0.25) is 14.5 Å². The number of hydrogen-bond acceptors (Lipinski definition) is 7. The molecule has 206 valence electrons. The van der Waals surface area contributed by atoms with Crippen molar-refractivity contribution in [2.45, 2.75) is 24.3 Å². The van der Waals surface area contributed by atoms with E-state index in [4.69, 9.17) is 4.74 Å². The van der Waals surface area contributed by atoms with E-state index < -0.39 is 15.4 Å². The molecule has 12 heteroatoms. The van der Waals surface area contributed by atoms with Gasteiger partial charge in [0.05, 0.1) is 42.3 Å². The summed E-state index contributed by atoms with van der Waals surface area (Å²) in [7, 11) is -2.37. The number of methoxy groups -OCH3 is 1. The number of nitrogens with zero attached hydrogens (tertiary/aromatic N) is 6. The van der Waals surface area contributed by atoms with Gasteiger partial charge < -0.3 is 4.74 Å². The average molecular weight is 563 g/mol. The lowest BCUT2D eigenvalue weighted by Crippen LogP contribution is -2.53. The lowest BCUT2D eigenvalue weighted by Gasteiger charge is -2.44. The second kappa shape index (κ2) is 10.2. The molecule has 4 heterocycles. The molecule has 4 aromatic rings. The number of carbonyl (C=O) groups is 1. The van der Waals surface area contributed by atoms with Gasteiger partial charge in [-0.25, -0.2) is 17.5 Å². The first-order valence-electron chi connectivity index (χ1n) is 12.8. The van der Waals surface area contributed by atoms with Crippen molar-refractivity contribution in [3.05, 3.63) is 95.6 Å². The average Bonchev–Trinajstić information content (AvgIpc) is 3.62. The maximum Gasteiger partial charge on any atom is 0.246 e. The molecule has 1 fully saturated rings. The number of rotatable bonds is 8. The first-order chi connectivity index (χ1) is 19.3. The van der Waals surface area contributed by atoms with E-state index >= 15 is 0 Å². The largest absolute Gasteiger partial charge is 0.383 e. The molecular weight excluding hydrogens is 535 g/mol. The number of aromatic nitrogens is 5. The van der Waals surface area contributed by atoms with Crippen LogP contribution in [0.3, 0.4) is 0 Å². The third kappa shape index (κ3) is 4.47. The molecule has 0 bridgehead atoms. The zero-order valence-corrected chi connectivity index (χ0v) is 22.6. The molecule has 6 rings (SSSR count). The summed E-state index contributed by atoms with van der Waals surface area (Å²) in [4.78, 5) is 18.6. The van der Waals surface area contributed by atoms with Crippen molar-refractivity contribution in [2.75, 3.05) is 26.8 Å². The number of fused-ring (bicyclic) bond motifs is 2. The van der Waals surface area contributed by atoms with Crippen molar-refractivity contribution in [3.8, 4) is 5.69 Å². The van der Waals surface area contributed by atoms with Gasteiger partial charge in [-0.1, -0.05) is 11.6 Å². The van der Waals surface area contributed by atoms with Gasteiger partial charge in [0.25, 0.3) is 0 Å². The molecule has 0 amide bonds. The van der Waals surface area contributed by atoms with Crippen molar-refractivity contribution in [2.24, 2.45) is 5.41 Å². The molecule has 10 nitrogen and oxygen atoms in total. The topological polar surface area (TPSA) is 112 Å². The molecule has 0 saturated carbocycles. The Kier molecular flexibility index (Phi) is 6.69. The van der Waals surface area contributed by atoms with E-state index in [-0.39, 0.29) is 41.7 Å². The van der Waals surface area contributed by atoms with Crippen molar-refractivity contribution in [1.82, 2.24) is 28.9 Å². The summed E-state index contributed by atoms with van der Waals surface area (Å²) in [6, 6.07) is 11.2. The van der Waals surface area contributed by atoms with Crippen molar-refractivity contribution in [3.63, 3.8) is 0 Å². The highest BCUT2D eigenvalue weighted by atomic mass is 32.2. The molecule has 40 heavy (non-hydrogen) atoms. The molecule has 0 N–H and O–H groups in total. The summed E-state index contributed by atoms with van der Waals surface area (Å²) >= 11 is 0. The molecule has 1 aromatic carbocycles. The highest BCUT2D eigenvalue weighted by Crippen LogP contribution is 2.47. The van der Waals surface area contributed by atoms with Gasteiger partial charge >= 0.3 is 0 Å². The van der Waals surface area contributed by atoms with E-state index in [1.54, 1.807) is 54.5 Å². The summed E-state index contributed by atoms with van der Waals surface area (Å²) in [5.74, 6) is -0.587. The summed E-state index contributed by atoms with van der Waals surface area (Å²) in [5.41, 5.74) is 2.21. The van der Waals surface area contributed by atoms with Gasteiger partial charge in [-0.2, -0.15) is 14.5 Å². The number of benzene rings is 1. The fourth-order valence-electron chi connectivity index (χ4n) is 5.49. The molecule has 1 unspecified atom stereocenters. The molecule has 3 aromatic heterocycles. The third-order valence-electron chi connectivity index (χ3n) is 7.56. The van der Waals surface area contributed by atoms with Crippen LogP contribution in [0.5, 0.6) is 0 Å². The Labute approximate surface area is 230 Å². The van der Waals surface area contributed by atoms with E-state index in [0.717, 1.165) is 16.8 Å². The number of Topliss-reactive ketones (excluding diaryl/α,β-unsaturated/α-hetero) is 1. The Morgan fingerprint density at radius 3 is 2.70 bits per heavy atom. The van der Waals surface area contributed by atoms with Crippen LogP contribution in [0.4, 0.5) is 4.39 Å². The number of ether oxygens (including phenoxy) is 1. The Morgan fingerprint density at radius 2 is 1.95 bits per heavy atom. The predicted octanol–water partition coefficient (Wildman–Crippen LogP) is 3.15. The highest BCUT2D eigenvalue weighted by Gasteiger charge is 2.51. The fourth-order valence-corrected chi connectivity index (χ4v) is 6.94. The minimum atomic E-state index is -3.94. The molecule has 0 spiro atoms. The van der Waals surface area contributed by atoms with Crippen LogP contribution >= 0.6 is 0 Å². The smallest absolute Gasteiger partial charge is 0.246 e. The van der Waals surface area contributed by atoms with E-state index in [2.05, 4.69) is 15.2 Å². The van der Waals surface area contributed by atoms with E-state index in [0.29, 0.717) is 25.3 Å². The Hall–Kier alpha value is -4.00. The predicted molar refractivity (Wildman–Crippen MR) is 144 cm³/mol. The van der Waals surface area contributed by atoms with Crippen LogP contribution in [0.2, 0.25) is 0 Å². The third-order valence-corrected chi connectivity index (χ3v) is 9.35. The maximum atomic E-state index is 14.2. The fraction of sp³-hybridized carbons (Fsp3) is 0.286. The van der Waals surface area contributed by atoms with Crippen LogP contribution in [-0.4, -0.2) is 69.9 Å². The van der Waals surface area contributed by atoms with Crippen LogP contribution < -0.4 is 0 Å². The SMILES string of the molecule is COCCn1cc(S(=O)(=O)N2CCC3=Cc4c(cnn4-c4ccc(F)cc4)CC3(C(=O)c3ccccn3)C2)cn1. The van der Waals surface area contributed by atoms with E-state index in [1.807, 2.05) is 6.08 Å². The Morgan fingerprint density at radius 1 is 1.12 bits per heavy atom. The minimum Gasteiger partial charge on any atom is -0.383 e. The number of ketones is 1. The van der Waals surface area contributed by atoms with Crippen LogP contribution in [-0.2, 0) is 27.7 Å². The summed E-state index contributed by atoms with van der Waals surface area (Å²) in [6.45, 7) is 0.978. The van der Waals surface area contributed by atoms with Crippen LogP contribution in [0.1, 0.15) is 28.2 Å². The van der Waals surface area contributed by atoms with Gasteiger partial charge in [0, 0.05) is 32.6 Å². The highest BCUT2D eigenvalue weighted by molar-refractivity contribution is 7.89. The number of carbonyl (C=O) groups excluding carboxylic acids is 1. The zero-order valence-electron chi connectivity index (χ0n) is 21.8. The maximum absolute atomic E-state index is 14.2. The minimum absolute atomic E-state index is 0.0407. The quantitative estimate of drug-likeness (QED) is 0.303. The molecule has 1 saturated heterocycles. The lowest BCUT2D eigenvalue weighted by atomic mass is 9.65. The van der Waals surface area contributed by atoms with Crippen LogP contribution in [0.25, 0.3) is 11.8 Å². The summed E-state index contributed by atoms with van der Waals surface area (Å²) in [6.07, 6.45) is 8.59. The molecule has 1 aliphatic carbocycles. The monoisotopic (exact) mass is 562 g/mol. The van der Waals surface area contributed by atoms with E-state index in [1.165, 1.54) is 33.5 Å². The molecule has 1 aliphatic heterocycles. The van der Waals surface area contributed by atoms with Gasteiger partial charge in [0.2, 0.25) is 10.0 Å². The van der Waals surface area contributed by atoms with Gasteiger partial charge in [0.1, 0.15) is 16.4 Å². The van der Waals surface area contributed by atoms with Crippen molar-refractivity contribution in [1.29, 1.82) is 0 Å². The normalized spacial score (nSPS) is 19.1. The number of hydrogen-bond donors (Lipinski definition) is 0. The lowest BCUT2D eigenvalue weighted by molar-refractivity contribution is 0.0770. The van der Waals surface area contributed by atoms with E-state index in [9.17, 15) is 17.6 Å². The molecule has 0 radical (unpaired) electrons. The van der Waals surface area contributed by atoms with Crippen LogP contribution in [0, 0.1) is 11.2 Å².